The van der Waals surface area contributed by atoms with Crippen LogP contribution in [0, 0.1) is 41.5 Å². The molecule has 0 radical (unpaired) electrons. The van der Waals surface area contributed by atoms with Crippen molar-refractivity contribution >= 4 is 174 Å². The molecule has 0 aliphatic heterocycles. The molecule has 3 N–H and O–H groups in total. The predicted molar refractivity (Wildman–Crippen MR) is 632 cm³/mol. The molecule has 13 aromatic rings. The lowest BCUT2D eigenvalue weighted by Crippen LogP contribution is -2.27. The van der Waals surface area contributed by atoms with Gasteiger partial charge in [-0.1, -0.05) is 321 Å². The van der Waals surface area contributed by atoms with Gasteiger partial charge in [0, 0.05) is 105 Å². The van der Waals surface area contributed by atoms with Gasteiger partial charge in [0.05, 0.1) is 57.7 Å². The van der Waals surface area contributed by atoms with Gasteiger partial charge < -0.3 is 38.5 Å². The molecule has 144 heavy (non-hydrogen) atoms. The van der Waals surface area contributed by atoms with Crippen LogP contribution < -0.4 is 43.2 Å². The van der Waals surface area contributed by atoms with Gasteiger partial charge in [-0.05, 0) is 234 Å². The van der Waals surface area contributed by atoms with E-state index >= 15 is 0 Å². The number of fused-ring (bicyclic) bond motifs is 6. The highest BCUT2D eigenvalue weighted by Crippen LogP contribution is 2.28. The van der Waals surface area contributed by atoms with Crippen LogP contribution in [0.2, 0.25) is 0 Å². The number of nitrogens with one attached hydrogen (secondary N) is 3. The van der Waals surface area contributed by atoms with E-state index in [0.29, 0.717) is 38.6 Å². The molecule has 6 aromatic heterocycles. The average molecular weight is 2060 g/mol. The SMILES string of the molecule is CCCCCCCCc1c(C)c(=O)c2ccccc2n1CC(=O)SC.CCCCCCCCc1c(C)c(=O)c2ccccc2n1CNC(=O)SC.CCCCCCCc1c(C)c(=O)c2ccccc2n1CN=C(C)SC.CCCCCCCc1c(C)c(=O)c2ccccc2n1CN=C=S.CCCCCCCc1c(C)c(=O)c2ccccc2n1CNC(=S)SC.Cc1c(/C=C/c2ccccc2)[nH]c2ccccc2c1=O. The Balaban J connectivity index is 0.000000211. The number of hydrogen-bond acceptors (Lipinski definition) is 16. The molecule has 1 amide bonds. The van der Waals surface area contributed by atoms with Gasteiger partial charge in [0.1, 0.15) is 17.7 Å². The number of thiocarbonyl (C=S) groups is 2. The first-order valence-electron chi connectivity index (χ1n) is 52.0. The Kier molecular flexibility index (Phi) is 53.7. The van der Waals surface area contributed by atoms with Crippen LogP contribution >= 0.6 is 71.5 Å². The molecule has 0 fully saturated rings. The van der Waals surface area contributed by atoms with Gasteiger partial charge in [-0.2, -0.15) is 0 Å². The maximum atomic E-state index is 12.8. The number of carbonyl (C=O) groups excluding carboxylic acids is 2. The minimum Gasteiger partial charge on any atom is -0.355 e. The Bertz CT molecular complexity index is 6860. The summed E-state index contributed by atoms with van der Waals surface area (Å²) in [7, 11) is 0. The monoisotopic (exact) mass is 2060 g/mol. The fourth-order valence-corrected chi connectivity index (χ4v) is 19.4. The number of isothiocyanates is 1. The van der Waals surface area contributed by atoms with E-state index in [1.54, 1.807) is 18.0 Å². The van der Waals surface area contributed by atoms with E-state index in [9.17, 15) is 38.4 Å². The molecule has 0 atom stereocenters. The van der Waals surface area contributed by atoms with E-state index in [-0.39, 0.29) is 42.9 Å². The van der Waals surface area contributed by atoms with Gasteiger partial charge in [-0.25, -0.2) is 4.99 Å². The molecular formula is C120H156N10O8S6. The molecule has 0 aliphatic carbocycles. The Morgan fingerprint density at radius 2 is 0.653 bits per heavy atom. The molecule has 0 saturated carbocycles. The summed E-state index contributed by atoms with van der Waals surface area (Å²) in [6.45, 7) is 27.0. The lowest BCUT2D eigenvalue weighted by molar-refractivity contribution is -0.111. The van der Waals surface area contributed by atoms with Crippen molar-refractivity contribution in [2.45, 2.75) is 322 Å². The summed E-state index contributed by atoms with van der Waals surface area (Å²) in [6.07, 6.45) is 49.1. The topological polar surface area (TPSA) is 226 Å². The number of aromatic nitrogens is 6. The Labute approximate surface area is 882 Å². The number of unbranched alkanes of at least 4 members (excludes halogenated alkanes) is 22. The van der Waals surface area contributed by atoms with E-state index in [2.05, 4.69) is 83.2 Å². The molecule has 24 heteroatoms. The van der Waals surface area contributed by atoms with Crippen LogP contribution in [0.4, 0.5) is 4.79 Å². The fourth-order valence-electron chi connectivity index (χ4n) is 18.4. The molecule has 0 bridgehead atoms. The second-order valence-corrected chi connectivity index (χ2v) is 41.1. The van der Waals surface area contributed by atoms with Crippen molar-refractivity contribution in [3.63, 3.8) is 0 Å². The number of H-pyrrole nitrogens is 1. The lowest BCUT2D eigenvalue weighted by atomic mass is 10.0. The van der Waals surface area contributed by atoms with Crippen LogP contribution in [0.1, 0.15) is 288 Å². The first-order chi connectivity index (χ1) is 69.8. The highest BCUT2D eigenvalue weighted by Gasteiger charge is 2.22. The summed E-state index contributed by atoms with van der Waals surface area (Å²) in [5.74, 6) is 0. The number of amides is 1. The Morgan fingerprint density at radius 3 is 1.01 bits per heavy atom. The van der Waals surface area contributed by atoms with Crippen molar-refractivity contribution in [2.75, 3.05) is 25.0 Å². The molecule has 18 nitrogen and oxygen atoms in total. The summed E-state index contributed by atoms with van der Waals surface area (Å²) in [6, 6.07) is 56.4. The highest BCUT2D eigenvalue weighted by atomic mass is 32.2. The van der Waals surface area contributed by atoms with Crippen molar-refractivity contribution in [3.8, 4) is 0 Å². The number of aromatic amines is 1. The van der Waals surface area contributed by atoms with Crippen LogP contribution in [0.5, 0.6) is 0 Å². The largest absolute Gasteiger partial charge is 0.355 e. The van der Waals surface area contributed by atoms with E-state index in [1.165, 1.54) is 177 Å². The van der Waals surface area contributed by atoms with Gasteiger partial charge in [0.2, 0.25) is 5.12 Å². The van der Waals surface area contributed by atoms with Crippen LogP contribution in [-0.2, 0) is 70.1 Å². The number of hydrogen-bond donors (Lipinski definition) is 3. The number of thioether (sulfide) groups is 4. The smallest absolute Gasteiger partial charge is 0.280 e. The molecule has 770 valence electrons. The zero-order chi connectivity index (χ0) is 104. The number of benzene rings is 7. The van der Waals surface area contributed by atoms with Gasteiger partial charge >= 0.3 is 0 Å². The van der Waals surface area contributed by atoms with Crippen LogP contribution in [0.25, 0.3) is 77.6 Å². The number of pyridine rings is 6. The quantitative estimate of drug-likeness (QED) is 0.0140. The van der Waals surface area contributed by atoms with Gasteiger partial charge in [-0.15, -0.1) is 23.5 Å². The summed E-state index contributed by atoms with van der Waals surface area (Å²) in [5, 5.41) is 14.3. The first-order valence-corrected chi connectivity index (χ1v) is 57.8. The van der Waals surface area contributed by atoms with Crippen molar-refractivity contribution in [3.05, 3.63) is 310 Å². The average Bonchev–Trinajstić information content (AvgIpc) is 0.766. The minimum absolute atomic E-state index is 0.0593. The summed E-state index contributed by atoms with van der Waals surface area (Å²) >= 11 is 15.6. The van der Waals surface area contributed by atoms with Crippen molar-refractivity contribution in [1.29, 1.82) is 0 Å². The third-order valence-electron chi connectivity index (χ3n) is 26.9. The maximum Gasteiger partial charge on any atom is 0.280 e. The van der Waals surface area contributed by atoms with E-state index in [0.717, 1.165) is 207 Å². The molecule has 0 spiro atoms. The van der Waals surface area contributed by atoms with Crippen LogP contribution in [-0.4, -0.2) is 77.7 Å². The second kappa shape index (κ2) is 65.1. The summed E-state index contributed by atoms with van der Waals surface area (Å²) in [4.78, 5) is 112. The predicted octanol–water partition coefficient (Wildman–Crippen LogP) is 29.8. The summed E-state index contributed by atoms with van der Waals surface area (Å²) in [5.41, 5.74) is 18.6. The van der Waals surface area contributed by atoms with E-state index < -0.39 is 0 Å². The number of carbonyl (C=O) groups is 2. The molecule has 13 rings (SSSR count). The van der Waals surface area contributed by atoms with Gasteiger partial charge in [0.25, 0.3) is 5.24 Å². The minimum atomic E-state index is -0.0593. The van der Waals surface area contributed by atoms with Crippen LogP contribution in [0.3, 0.4) is 0 Å². The Hall–Kier alpha value is -10.6. The van der Waals surface area contributed by atoms with Crippen LogP contribution in [0.15, 0.2) is 215 Å². The Morgan fingerprint density at radius 1 is 0.347 bits per heavy atom. The third kappa shape index (κ3) is 35.1. The highest BCUT2D eigenvalue weighted by molar-refractivity contribution is 8.22. The van der Waals surface area contributed by atoms with Crippen molar-refractivity contribution in [2.24, 2.45) is 9.98 Å². The number of rotatable bonds is 44. The van der Waals surface area contributed by atoms with E-state index in [1.807, 2.05) is 255 Å². The van der Waals surface area contributed by atoms with Gasteiger partial charge in [0.15, 0.2) is 32.6 Å². The third-order valence-corrected chi connectivity index (χ3v) is 30.0. The standard InChI is InChI=1S/C21H30N2O2S.C21H30N2OS.C21H29NO2S.C20H28N2OS2.C19H24N2OS.C18H15NO/c1-4-5-6-7-8-9-13-18-16(2)20(24)17-12-10-11-14-19(17)23(18)15-22-21(25)26-3;1-5-6-7-8-9-13-19-16(2)21(24)18-12-10-11-14-20(18)23(19)15-22-17(3)25-4;1-4-5-6-7-8-9-13-18-16(2)21(24)17-12-10-11-14-19(17)22(18)15-20(23)25-3;1-4-5-6-7-8-12-17-15(2)19(23)16-11-9-10-13-18(16)22(17)14-21-20(24)25-3;1-3-4-5-6-7-11-17-15(2)19(22)16-10-8-9-12-18(16)21(17)13-20-14-23;1-13-16(12-11-14-7-3-2-4-8-14)19-17-10-6-5-9-15(17)18(13)20/h10-12,14H,4-9,13,15H2,1-3H3,(H,22,25);10-12,14H,5-9,13,15H2,1-4H3;10-12,14H,4-9,13,15H2,1-3H3;9-11,13H,4-8,12,14H2,1-3H3,(H,21,24);8-10,12H,3-7,11,13H2,1-2H3;2-12H,1H3,(H,19,20)/b;;;;;12-11+. The fraction of sp³-hybridized carbons (Fsp3) is 0.442. The number of nitrogens with zero attached hydrogens (tertiary/aromatic N) is 7. The van der Waals surface area contributed by atoms with E-state index in [4.69, 9.17) is 29.4 Å². The second-order valence-electron chi connectivity index (χ2n) is 36.8. The number of aliphatic imine (C=N–C) groups is 2. The number of para-hydroxylation sites is 6. The molecule has 7 aromatic carbocycles. The molecule has 0 unspecified atom stereocenters. The molecule has 0 saturated heterocycles. The maximum absolute atomic E-state index is 12.8. The molecule has 0 aliphatic rings. The normalized spacial score (nSPS) is 11.2. The zero-order valence-electron chi connectivity index (χ0n) is 88.4. The van der Waals surface area contributed by atoms with Crippen molar-refractivity contribution < 1.29 is 9.59 Å². The summed E-state index contributed by atoms with van der Waals surface area (Å²) < 4.78 is 11.5. The lowest BCUT2D eigenvalue weighted by Gasteiger charge is -2.20. The van der Waals surface area contributed by atoms with Gasteiger partial charge in [-0.3, -0.25) is 43.3 Å². The molecule has 6 heterocycles. The molecular weight excluding hydrogens is 1900 g/mol. The van der Waals surface area contributed by atoms with Crippen molar-refractivity contribution in [1.82, 2.24) is 38.5 Å². The first kappa shape index (κ1) is 119. The zero-order valence-corrected chi connectivity index (χ0v) is 93.3.